The Morgan fingerprint density at radius 1 is 1.41 bits per heavy atom. The number of thioether (sulfide) groups is 1. The number of hydrogen-bond acceptors (Lipinski definition) is 6. The Morgan fingerprint density at radius 3 is 2.94 bits per heavy atom. The van der Waals surface area contributed by atoms with Crippen molar-refractivity contribution in [2.45, 2.75) is 5.03 Å². The van der Waals surface area contributed by atoms with Crippen LogP contribution in [0.4, 0.5) is 5.69 Å². The van der Waals surface area contributed by atoms with E-state index in [0.29, 0.717) is 21.7 Å². The van der Waals surface area contributed by atoms with Crippen molar-refractivity contribution in [1.29, 1.82) is 0 Å². The normalized spacial score (nSPS) is 10.6. The van der Waals surface area contributed by atoms with Crippen LogP contribution >= 0.6 is 11.8 Å². The number of fused-ring (bicyclic) bond motifs is 1. The van der Waals surface area contributed by atoms with Gasteiger partial charge in [-0.3, -0.25) is 10.1 Å². The van der Waals surface area contributed by atoms with E-state index >= 15 is 0 Å². The van der Waals surface area contributed by atoms with Crippen molar-refractivity contribution in [3.05, 3.63) is 34.6 Å². The van der Waals surface area contributed by atoms with Crippen molar-refractivity contribution in [3.8, 4) is 0 Å². The lowest BCUT2D eigenvalue weighted by molar-refractivity contribution is -0.384. The minimum atomic E-state index is -0.451. The zero-order valence-electron chi connectivity index (χ0n) is 8.74. The summed E-state index contributed by atoms with van der Waals surface area (Å²) in [4.78, 5) is 18.3. The molecule has 0 aliphatic heterocycles. The van der Waals surface area contributed by atoms with Crippen LogP contribution in [0.3, 0.4) is 0 Å². The van der Waals surface area contributed by atoms with Crippen LogP contribution in [0.5, 0.6) is 0 Å². The summed E-state index contributed by atoms with van der Waals surface area (Å²) in [5.74, 6) is 0.495. The van der Waals surface area contributed by atoms with Gasteiger partial charge in [-0.2, -0.15) is 0 Å². The Kier molecular flexibility index (Phi) is 3.50. The van der Waals surface area contributed by atoms with E-state index in [-0.39, 0.29) is 12.3 Å². The van der Waals surface area contributed by atoms with Gasteiger partial charge >= 0.3 is 0 Å². The van der Waals surface area contributed by atoms with E-state index in [1.165, 1.54) is 30.2 Å². The molecular formula is C10H9N3O3S. The Labute approximate surface area is 101 Å². The summed E-state index contributed by atoms with van der Waals surface area (Å²) in [5.41, 5.74) is 0.671. The van der Waals surface area contributed by atoms with Crippen molar-refractivity contribution < 1.29 is 10.0 Å². The summed E-state index contributed by atoms with van der Waals surface area (Å²) in [6.07, 6.45) is 1.41. The summed E-state index contributed by atoms with van der Waals surface area (Å²) in [5, 5.41) is 20.7. The van der Waals surface area contributed by atoms with Crippen LogP contribution < -0.4 is 0 Å². The third kappa shape index (κ3) is 2.51. The molecule has 7 heteroatoms. The molecule has 2 rings (SSSR count). The number of nitrogens with zero attached hydrogens (tertiary/aromatic N) is 3. The molecule has 1 heterocycles. The quantitative estimate of drug-likeness (QED) is 0.384. The molecule has 0 saturated heterocycles. The lowest BCUT2D eigenvalue weighted by Gasteiger charge is -2.03. The van der Waals surface area contributed by atoms with Crippen LogP contribution in [0.2, 0.25) is 0 Å². The minimum absolute atomic E-state index is 0.0122. The van der Waals surface area contributed by atoms with Crippen molar-refractivity contribution in [2.75, 3.05) is 12.4 Å². The van der Waals surface area contributed by atoms with Crippen molar-refractivity contribution >= 4 is 28.4 Å². The standard InChI is InChI=1S/C10H9N3O3S/c14-3-4-17-10-8-5-7(13(15)16)1-2-9(8)11-6-12-10/h1-2,5-6,14H,3-4H2. The number of benzene rings is 1. The first-order valence-corrected chi connectivity index (χ1v) is 5.84. The minimum Gasteiger partial charge on any atom is -0.396 e. The highest BCUT2D eigenvalue weighted by Crippen LogP contribution is 2.27. The summed E-state index contributed by atoms with van der Waals surface area (Å²) in [6, 6.07) is 4.46. The van der Waals surface area contributed by atoms with Gasteiger partial charge in [0.1, 0.15) is 11.4 Å². The van der Waals surface area contributed by atoms with Crippen molar-refractivity contribution in [2.24, 2.45) is 0 Å². The number of hydrogen-bond donors (Lipinski definition) is 1. The van der Waals surface area contributed by atoms with Crippen molar-refractivity contribution in [1.82, 2.24) is 9.97 Å². The highest BCUT2D eigenvalue weighted by atomic mass is 32.2. The third-order valence-electron chi connectivity index (χ3n) is 2.12. The van der Waals surface area contributed by atoms with Gasteiger partial charge in [-0.15, -0.1) is 11.8 Å². The van der Waals surface area contributed by atoms with Gasteiger partial charge in [0, 0.05) is 23.3 Å². The first kappa shape index (κ1) is 11.7. The molecule has 0 atom stereocenters. The van der Waals surface area contributed by atoms with E-state index in [2.05, 4.69) is 9.97 Å². The molecular weight excluding hydrogens is 242 g/mol. The summed E-state index contributed by atoms with van der Waals surface area (Å²) in [7, 11) is 0. The van der Waals surface area contributed by atoms with E-state index in [4.69, 9.17) is 5.11 Å². The molecule has 0 bridgehead atoms. The van der Waals surface area contributed by atoms with Crippen LogP contribution in [0, 0.1) is 10.1 Å². The van der Waals surface area contributed by atoms with Crippen LogP contribution in [0.1, 0.15) is 0 Å². The molecule has 17 heavy (non-hydrogen) atoms. The molecule has 1 aromatic carbocycles. The average molecular weight is 251 g/mol. The van der Waals surface area contributed by atoms with Crippen molar-refractivity contribution in [3.63, 3.8) is 0 Å². The fourth-order valence-corrected chi connectivity index (χ4v) is 2.12. The highest BCUT2D eigenvalue weighted by molar-refractivity contribution is 7.99. The fraction of sp³-hybridized carbons (Fsp3) is 0.200. The molecule has 1 N–H and O–H groups in total. The maximum atomic E-state index is 10.7. The molecule has 88 valence electrons. The molecule has 6 nitrogen and oxygen atoms in total. The Bertz CT molecular complexity index is 561. The molecule has 2 aromatic rings. The first-order chi connectivity index (χ1) is 8.22. The predicted octanol–water partition coefficient (Wildman–Crippen LogP) is 1.62. The zero-order valence-corrected chi connectivity index (χ0v) is 9.55. The Balaban J connectivity index is 2.51. The number of aromatic nitrogens is 2. The molecule has 0 radical (unpaired) electrons. The van der Waals surface area contributed by atoms with Gasteiger partial charge in [0.05, 0.1) is 17.0 Å². The van der Waals surface area contributed by atoms with Gasteiger partial charge in [0.2, 0.25) is 0 Å². The Hall–Kier alpha value is -1.73. The summed E-state index contributed by atoms with van der Waals surface area (Å²) in [6.45, 7) is 0.0328. The van der Waals surface area contributed by atoms with Gasteiger partial charge in [0.15, 0.2) is 0 Å². The average Bonchev–Trinajstić information content (AvgIpc) is 2.35. The van der Waals surface area contributed by atoms with E-state index in [0.717, 1.165) is 0 Å². The van der Waals surface area contributed by atoms with Gasteiger partial charge in [-0.05, 0) is 6.07 Å². The zero-order chi connectivity index (χ0) is 12.3. The molecule has 0 amide bonds. The predicted molar refractivity (Wildman–Crippen MR) is 64.0 cm³/mol. The second kappa shape index (κ2) is 5.07. The topological polar surface area (TPSA) is 89.2 Å². The summed E-state index contributed by atoms with van der Waals surface area (Å²) >= 11 is 1.35. The van der Waals surface area contributed by atoms with E-state index in [1.54, 1.807) is 6.07 Å². The van der Waals surface area contributed by atoms with E-state index < -0.39 is 4.92 Å². The van der Waals surface area contributed by atoms with Crippen LogP contribution in [-0.4, -0.2) is 32.4 Å². The molecule has 1 aromatic heterocycles. The molecule has 0 fully saturated rings. The molecule has 0 spiro atoms. The SMILES string of the molecule is O=[N+]([O-])c1ccc2ncnc(SCCO)c2c1. The van der Waals surface area contributed by atoms with E-state index in [1.807, 2.05) is 0 Å². The fourth-order valence-electron chi connectivity index (χ4n) is 1.39. The second-order valence-electron chi connectivity index (χ2n) is 3.21. The molecule has 0 aliphatic carbocycles. The van der Waals surface area contributed by atoms with Gasteiger partial charge in [-0.1, -0.05) is 0 Å². The molecule has 0 unspecified atom stereocenters. The lowest BCUT2D eigenvalue weighted by atomic mass is 10.2. The number of aliphatic hydroxyl groups is 1. The van der Waals surface area contributed by atoms with Gasteiger partial charge in [0.25, 0.3) is 5.69 Å². The summed E-state index contributed by atoms with van der Waals surface area (Å²) < 4.78 is 0. The largest absolute Gasteiger partial charge is 0.396 e. The maximum absolute atomic E-state index is 10.7. The number of aliphatic hydroxyl groups excluding tert-OH is 1. The van der Waals surface area contributed by atoms with E-state index in [9.17, 15) is 10.1 Å². The monoisotopic (exact) mass is 251 g/mol. The molecule has 0 saturated carbocycles. The Morgan fingerprint density at radius 2 is 2.24 bits per heavy atom. The number of nitro benzene ring substituents is 1. The number of nitro groups is 1. The van der Waals surface area contributed by atoms with Crippen LogP contribution in [0.25, 0.3) is 10.9 Å². The van der Waals surface area contributed by atoms with Crippen LogP contribution in [0.15, 0.2) is 29.6 Å². The third-order valence-corrected chi connectivity index (χ3v) is 3.11. The number of rotatable bonds is 4. The van der Waals surface area contributed by atoms with Gasteiger partial charge < -0.3 is 5.11 Å². The maximum Gasteiger partial charge on any atom is 0.270 e. The second-order valence-corrected chi connectivity index (χ2v) is 4.29. The van der Waals surface area contributed by atoms with Gasteiger partial charge in [-0.25, -0.2) is 9.97 Å². The highest BCUT2D eigenvalue weighted by Gasteiger charge is 2.10. The lowest BCUT2D eigenvalue weighted by Crippen LogP contribution is -1.93. The number of non-ortho nitro benzene ring substituents is 1. The van der Waals surface area contributed by atoms with Crippen LogP contribution in [-0.2, 0) is 0 Å². The first-order valence-electron chi connectivity index (χ1n) is 4.85. The smallest absolute Gasteiger partial charge is 0.270 e. The molecule has 0 aliphatic rings.